The molecule has 19 heavy (non-hydrogen) atoms. The molecule has 0 saturated heterocycles. The molecule has 2 aromatic rings. The Morgan fingerprint density at radius 1 is 1.53 bits per heavy atom. The minimum Gasteiger partial charge on any atom is -0.465 e. The van der Waals surface area contributed by atoms with Crippen molar-refractivity contribution in [1.29, 1.82) is 0 Å². The number of carbonyl (C=O) groups is 1. The fraction of sp³-hybridized carbons (Fsp3) is 0.250. The number of anilines is 2. The highest BCUT2D eigenvalue weighted by Crippen LogP contribution is 2.20. The van der Waals surface area contributed by atoms with Crippen LogP contribution in [0.15, 0.2) is 29.1 Å². The van der Waals surface area contributed by atoms with Gasteiger partial charge in [0.05, 0.1) is 24.0 Å². The molecule has 7 nitrogen and oxygen atoms in total. The molecule has 0 amide bonds. The Kier molecular flexibility index (Phi) is 3.97. The molecule has 0 fully saturated rings. The second-order valence-corrected chi connectivity index (χ2v) is 3.82. The number of ether oxygens (including phenoxy) is 1. The molecule has 7 heteroatoms. The third kappa shape index (κ3) is 3.21. The smallest absolute Gasteiger partial charge is 0.337 e. The average molecular weight is 262 g/mol. The minimum atomic E-state index is -0.412. The fourth-order valence-corrected chi connectivity index (χ4v) is 1.58. The predicted molar refractivity (Wildman–Crippen MR) is 68.7 cm³/mol. The number of esters is 1. The van der Waals surface area contributed by atoms with Crippen LogP contribution >= 0.6 is 0 Å². The second kappa shape index (κ2) is 5.85. The van der Waals surface area contributed by atoms with Crippen molar-refractivity contribution in [1.82, 2.24) is 10.1 Å². The van der Waals surface area contributed by atoms with Gasteiger partial charge in [-0.2, -0.15) is 4.98 Å². The lowest BCUT2D eigenvalue weighted by atomic mass is 10.1. The van der Waals surface area contributed by atoms with Crippen molar-refractivity contribution in [2.24, 2.45) is 0 Å². The Labute approximate surface area is 109 Å². The Bertz CT molecular complexity index is 554. The maximum absolute atomic E-state index is 11.3. The van der Waals surface area contributed by atoms with Gasteiger partial charge >= 0.3 is 5.97 Å². The molecule has 0 saturated carbocycles. The van der Waals surface area contributed by atoms with Crippen LogP contribution in [0.25, 0.3) is 0 Å². The van der Waals surface area contributed by atoms with E-state index < -0.39 is 5.97 Å². The van der Waals surface area contributed by atoms with Crippen LogP contribution in [-0.2, 0) is 11.2 Å². The number of rotatable bonds is 5. The first-order valence-electron chi connectivity index (χ1n) is 5.67. The molecule has 0 unspecified atom stereocenters. The number of nitrogens with two attached hydrogens (primary N) is 1. The lowest BCUT2D eigenvalue weighted by Crippen LogP contribution is -2.09. The summed E-state index contributed by atoms with van der Waals surface area (Å²) < 4.78 is 9.25. The van der Waals surface area contributed by atoms with Crippen molar-refractivity contribution < 1.29 is 14.1 Å². The van der Waals surface area contributed by atoms with E-state index in [1.807, 2.05) is 0 Å². The molecular weight excluding hydrogens is 248 g/mol. The predicted octanol–water partition coefficient (Wildman–Crippen LogP) is 1.09. The zero-order chi connectivity index (χ0) is 13.7. The van der Waals surface area contributed by atoms with Gasteiger partial charge in [-0.25, -0.2) is 4.79 Å². The molecule has 3 N–H and O–H groups in total. The van der Waals surface area contributed by atoms with Gasteiger partial charge in [0.2, 0.25) is 6.39 Å². The van der Waals surface area contributed by atoms with E-state index in [-0.39, 0.29) is 0 Å². The molecule has 0 aliphatic heterocycles. The Morgan fingerprint density at radius 2 is 2.37 bits per heavy atom. The first-order chi connectivity index (χ1) is 9.20. The molecule has 0 bridgehead atoms. The molecule has 2 rings (SSSR count). The Balaban J connectivity index is 1.95. The lowest BCUT2D eigenvalue weighted by Gasteiger charge is -2.09. The monoisotopic (exact) mass is 262 g/mol. The van der Waals surface area contributed by atoms with Gasteiger partial charge in [0.15, 0.2) is 5.82 Å². The van der Waals surface area contributed by atoms with E-state index in [2.05, 4.69) is 24.7 Å². The van der Waals surface area contributed by atoms with Crippen molar-refractivity contribution in [2.45, 2.75) is 6.42 Å². The molecule has 0 atom stereocenters. The summed E-state index contributed by atoms with van der Waals surface area (Å²) in [6.45, 7) is 0.612. The van der Waals surface area contributed by atoms with E-state index in [4.69, 9.17) is 5.73 Å². The first kappa shape index (κ1) is 12.9. The quantitative estimate of drug-likeness (QED) is 0.614. The zero-order valence-corrected chi connectivity index (χ0v) is 10.4. The summed E-state index contributed by atoms with van der Waals surface area (Å²) >= 11 is 0. The highest BCUT2D eigenvalue weighted by Gasteiger charge is 2.08. The van der Waals surface area contributed by atoms with Crippen LogP contribution in [0.2, 0.25) is 0 Å². The summed E-state index contributed by atoms with van der Waals surface area (Å²) in [6.07, 6.45) is 1.91. The largest absolute Gasteiger partial charge is 0.465 e. The van der Waals surface area contributed by atoms with Crippen LogP contribution in [0, 0.1) is 0 Å². The molecule has 0 aliphatic rings. The van der Waals surface area contributed by atoms with E-state index in [0.717, 1.165) is 5.69 Å². The number of nitrogens with zero attached hydrogens (tertiary/aromatic N) is 2. The summed E-state index contributed by atoms with van der Waals surface area (Å²) in [5.74, 6) is 0.210. The Morgan fingerprint density at radius 3 is 3.00 bits per heavy atom. The van der Waals surface area contributed by atoms with Gasteiger partial charge in [-0.05, 0) is 18.2 Å². The van der Waals surface area contributed by atoms with E-state index in [1.54, 1.807) is 18.2 Å². The maximum Gasteiger partial charge on any atom is 0.337 e. The number of aromatic nitrogens is 2. The first-order valence-corrected chi connectivity index (χ1v) is 5.67. The summed E-state index contributed by atoms with van der Waals surface area (Å²) in [4.78, 5) is 15.2. The molecule has 0 spiro atoms. The normalized spacial score (nSPS) is 10.2. The van der Waals surface area contributed by atoms with Gasteiger partial charge in [-0.15, -0.1) is 0 Å². The van der Waals surface area contributed by atoms with Gasteiger partial charge in [0.1, 0.15) is 0 Å². The van der Waals surface area contributed by atoms with Gasteiger partial charge < -0.3 is 20.3 Å². The highest BCUT2D eigenvalue weighted by molar-refractivity contribution is 5.91. The van der Waals surface area contributed by atoms with Gasteiger partial charge in [0.25, 0.3) is 0 Å². The number of nitrogens with one attached hydrogen (secondary N) is 1. The molecule has 0 radical (unpaired) electrons. The van der Waals surface area contributed by atoms with E-state index >= 15 is 0 Å². The standard InChI is InChI=1S/C12H14N4O3/c1-18-12(17)8-2-3-10(9(13)6-8)14-5-4-11-15-7-19-16-11/h2-3,6-7,14H,4-5,13H2,1H3. The summed E-state index contributed by atoms with van der Waals surface area (Å²) in [7, 11) is 1.33. The number of hydrogen-bond donors (Lipinski definition) is 2. The van der Waals surface area contributed by atoms with Gasteiger partial charge in [-0.3, -0.25) is 0 Å². The number of methoxy groups -OCH3 is 1. The third-order valence-electron chi connectivity index (χ3n) is 2.54. The molecule has 100 valence electrons. The summed E-state index contributed by atoms with van der Waals surface area (Å²) in [5.41, 5.74) is 7.50. The van der Waals surface area contributed by atoms with Crippen molar-refractivity contribution >= 4 is 17.3 Å². The minimum absolute atomic E-state index is 0.412. The average Bonchev–Trinajstić information content (AvgIpc) is 2.93. The van der Waals surface area contributed by atoms with Crippen LogP contribution < -0.4 is 11.1 Å². The molecule has 0 aliphatic carbocycles. The highest BCUT2D eigenvalue weighted by atomic mass is 16.5. The van der Waals surface area contributed by atoms with Crippen molar-refractivity contribution in [3.05, 3.63) is 36.0 Å². The molecule has 1 aromatic heterocycles. The number of benzene rings is 1. The molecule has 1 heterocycles. The van der Waals surface area contributed by atoms with E-state index in [1.165, 1.54) is 13.5 Å². The second-order valence-electron chi connectivity index (χ2n) is 3.82. The van der Waals surface area contributed by atoms with Gasteiger partial charge in [0, 0.05) is 13.0 Å². The third-order valence-corrected chi connectivity index (χ3v) is 2.54. The zero-order valence-electron chi connectivity index (χ0n) is 10.4. The van der Waals surface area contributed by atoms with Crippen LogP contribution in [0.1, 0.15) is 16.2 Å². The SMILES string of the molecule is COC(=O)c1ccc(NCCc2ncon2)c(N)c1. The number of hydrogen-bond acceptors (Lipinski definition) is 7. The van der Waals surface area contributed by atoms with Crippen LogP contribution in [0.4, 0.5) is 11.4 Å². The van der Waals surface area contributed by atoms with Gasteiger partial charge in [-0.1, -0.05) is 5.16 Å². The fourth-order valence-electron chi connectivity index (χ4n) is 1.58. The summed E-state index contributed by atoms with van der Waals surface area (Å²) in [5, 5.41) is 6.84. The maximum atomic E-state index is 11.3. The number of carbonyl (C=O) groups excluding carboxylic acids is 1. The summed E-state index contributed by atoms with van der Waals surface area (Å²) in [6, 6.07) is 4.96. The van der Waals surface area contributed by atoms with Crippen molar-refractivity contribution in [3.8, 4) is 0 Å². The van der Waals surface area contributed by atoms with E-state index in [9.17, 15) is 4.79 Å². The molecule has 1 aromatic carbocycles. The topological polar surface area (TPSA) is 103 Å². The van der Waals surface area contributed by atoms with Crippen LogP contribution in [0.5, 0.6) is 0 Å². The van der Waals surface area contributed by atoms with Crippen molar-refractivity contribution in [3.63, 3.8) is 0 Å². The van der Waals surface area contributed by atoms with E-state index in [0.29, 0.717) is 30.0 Å². The molecular formula is C12H14N4O3. The number of nitrogen functional groups attached to an aromatic ring is 1. The Hall–Kier alpha value is -2.57. The van der Waals surface area contributed by atoms with Crippen molar-refractivity contribution in [2.75, 3.05) is 24.7 Å². The van der Waals surface area contributed by atoms with Crippen LogP contribution in [0.3, 0.4) is 0 Å². The van der Waals surface area contributed by atoms with Crippen LogP contribution in [-0.4, -0.2) is 29.8 Å². The lowest BCUT2D eigenvalue weighted by molar-refractivity contribution is 0.0601.